The Morgan fingerprint density at radius 1 is 1.06 bits per heavy atom. The summed E-state index contributed by atoms with van der Waals surface area (Å²) in [5.41, 5.74) is -0.210. The van der Waals surface area contributed by atoms with Crippen LogP contribution in [0.1, 0.15) is 28.3 Å². The highest BCUT2D eigenvalue weighted by Crippen LogP contribution is 2.35. The Hall–Kier alpha value is -2.52. The van der Waals surface area contributed by atoms with E-state index in [-0.39, 0.29) is 17.3 Å². The first-order valence-corrected chi connectivity index (χ1v) is 10.9. The fraction of sp³-hybridized carbons (Fsp3) is 0.136. The summed E-state index contributed by atoms with van der Waals surface area (Å²) >= 11 is 24.1. The molecule has 0 aliphatic heterocycles. The molecule has 5 nitrogen and oxygen atoms in total. The zero-order valence-corrected chi connectivity index (χ0v) is 19.9. The van der Waals surface area contributed by atoms with Crippen LogP contribution in [0.15, 0.2) is 59.9 Å². The summed E-state index contributed by atoms with van der Waals surface area (Å²) in [5, 5.41) is 6.90. The van der Waals surface area contributed by atoms with Crippen molar-refractivity contribution in [3.05, 3.63) is 97.2 Å². The van der Waals surface area contributed by atoms with Crippen molar-refractivity contribution in [3.63, 3.8) is 0 Å². The third-order valence-electron chi connectivity index (χ3n) is 4.54. The number of rotatable bonds is 7. The Morgan fingerprint density at radius 2 is 1.71 bits per heavy atom. The summed E-state index contributed by atoms with van der Waals surface area (Å²) in [6.45, 7) is -0.0578. The molecule has 0 radical (unpaired) electrons. The lowest BCUT2D eigenvalue weighted by molar-refractivity contribution is -0.137. The predicted octanol–water partition coefficient (Wildman–Crippen LogP) is 7.12. The van der Waals surface area contributed by atoms with Crippen molar-refractivity contribution in [1.29, 1.82) is 0 Å². The number of aromatic nitrogens is 1. The molecule has 0 bridgehead atoms. The minimum absolute atomic E-state index is 0.0578. The number of pyridine rings is 1. The van der Waals surface area contributed by atoms with Crippen LogP contribution in [-0.2, 0) is 22.4 Å². The topological polar surface area (TPSA) is 63.6 Å². The second-order valence-corrected chi connectivity index (χ2v) is 8.45. The van der Waals surface area contributed by atoms with Crippen LogP contribution in [0.3, 0.4) is 0 Å². The van der Waals surface area contributed by atoms with Crippen molar-refractivity contribution in [2.24, 2.45) is 5.16 Å². The highest BCUT2D eigenvalue weighted by Gasteiger charge is 2.33. The van der Waals surface area contributed by atoms with Crippen LogP contribution in [0, 0.1) is 0 Å². The largest absolute Gasteiger partial charge is 0.417 e. The molecule has 12 heteroatoms. The lowest BCUT2D eigenvalue weighted by Crippen LogP contribution is -2.30. The Bertz CT molecular complexity index is 1180. The molecule has 0 fully saturated rings. The maximum absolute atomic E-state index is 13.0. The summed E-state index contributed by atoms with van der Waals surface area (Å²) in [5.74, 6) is -1.82. The molecule has 0 aliphatic rings. The highest BCUT2D eigenvalue weighted by molar-refractivity contribution is 6.36. The monoisotopic (exact) mass is 549 g/mol. The van der Waals surface area contributed by atoms with Crippen LogP contribution in [0.4, 0.5) is 13.2 Å². The Labute approximate surface area is 212 Å². The number of carbonyl (C=O) groups excluding carboxylic acids is 1. The van der Waals surface area contributed by atoms with Crippen LogP contribution in [0.5, 0.6) is 0 Å². The van der Waals surface area contributed by atoms with E-state index >= 15 is 0 Å². The van der Waals surface area contributed by atoms with Gasteiger partial charge in [0.1, 0.15) is 18.9 Å². The second kappa shape index (κ2) is 11.3. The number of hydrogen-bond donors (Lipinski definition) is 1. The van der Waals surface area contributed by atoms with E-state index in [0.717, 1.165) is 6.34 Å². The summed E-state index contributed by atoms with van der Waals surface area (Å²) in [7, 11) is 0. The van der Waals surface area contributed by atoms with Gasteiger partial charge in [0, 0.05) is 26.8 Å². The van der Waals surface area contributed by atoms with Gasteiger partial charge < -0.3 is 10.2 Å². The summed E-state index contributed by atoms with van der Waals surface area (Å²) < 4.78 is 39.0. The van der Waals surface area contributed by atoms with Gasteiger partial charge in [0.15, 0.2) is 0 Å². The number of halogens is 7. The van der Waals surface area contributed by atoms with Gasteiger partial charge in [0.05, 0.1) is 16.3 Å². The van der Waals surface area contributed by atoms with E-state index in [1.54, 1.807) is 18.2 Å². The molecule has 1 heterocycles. The first kappa shape index (κ1) is 26.1. The molecule has 178 valence electrons. The van der Waals surface area contributed by atoms with E-state index in [2.05, 4.69) is 15.5 Å². The normalized spacial score (nSPS) is 12.6. The van der Waals surface area contributed by atoms with Gasteiger partial charge in [0.25, 0.3) is 0 Å². The fourth-order valence-electron chi connectivity index (χ4n) is 2.89. The van der Waals surface area contributed by atoms with Gasteiger partial charge in [-0.2, -0.15) is 13.2 Å². The molecule has 0 saturated heterocycles. The number of carbonyl (C=O) groups is 1. The summed E-state index contributed by atoms with van der Waals surface area (Å²) in [6.07, 6.45) is -3.04. The minimum atomic E-state index is -4.64. The molecule has 0 aliphatic carbocycles. The lowest BCUT2D eigenvalue weighted by Gasteiger charge is -2.18. The molecule has 1 atom stereocenters. The summed E-state index contributed by atoms with van der Waals surface area (Å²) in [6, 6.07) is 11.8. The van der Waals surface area contributed by atoms with E-state index in [0.29, 0.717) is 38.5 Å². The first-order chi connectivity index (χ1) is 16.1. The molecule has 2 aromatic carbocycles. The Kier molecular flexibility index (Phi) is 8.65. The molecule has 1 N–H and O–H groups in total. The van der Waals surface area contributed by atoms with Gasteiger partial charge in [-0.05, 0) is 35.9 Å². The van der Waals surface area contributed by atoms with E-state index in [1.165, 1.54) is 24.3 Å². The van der Waals surface area contributed by atoms with Gasteiger partial charge >= 0.3 is 6.18 Å². The molecule has 0 spiro atoms. The fourth-order valence-corrected chi connectivity index (χ4v) is 3.80. The number of nitrogens with zero attached hydrogens (tertiary/aromatic N) is 2. The SMILES string of the molecule is O=C(NC=NOCc1c(Cl)cccc1Cl)[C@@H](c1ccc(Cl)cc1)c1ncc(C(F)(F)F)cc1Cl. The van der Waals surface area contributed by atoms with Gasteiger partial charge in [0.2, 0.25) is 5.91 Å². The molecule has 1 amide bonds. The Balaban J connectivity index is 1.79. The molecular weight excluding hydrogens is 537 g/mol. The zero-order valence-electron chi connectivity index (χ0n) is 16.9. The van der Waals surface area contributed by atoms with Crippen molar-refractivity contribution in [3.8, 4) is 0 Å². The number of hydrogen-bond acceptors (Lipinski definition) is 4. The number of oxime groups is 1. The van der Waals surface area contributed by atoms with Crippen molar-refractivity contribution in [1.82, 2.24) is 10.3 Å². The molecular formula is C22H14Cl4F3N3O2. The van der Waals surface area contributed by atoms with Crippen LogP contribution in [0.2, 0.25) is 20.1 Å². The van der Waals surface area contributed by atoms with E-state index in [4.69, 9.17) is 51.2 Å². The van der Waals surface area contributed by atoms with Crippen LogP contribution < -0.4 is 5.32 Å². The third-order valence-corrected chi connectivity index (χ3v) is 5.80. The smallest absolute Gasteiger partial charge is 0.390 e. The number of amides is 1. The van der Waals surface area contributed by atoms with E-state index in [9.17, 15) is 18.0 Å². The average Bonchev–Trinajstić information content (AvgIpc) is 2.77. The van der Waals surface area contributed by atoms with Gasteiger partial charge in [-0.1, -0.05) is 69.8 Å². The molecule has 0 saturated carbocycles. The average molecular weight is 551 g/mol. The quantitative estimate of drug-likeness (QED) is 0.193. The van der Waals surface area contributed by atoms with Gasteiger partial charge in [-0.3, -0.25) is 9.78 Å². The lowest BCUT2D eigenvalue weighted by atomic mass is 9.94. The van der Waals surface area contributed by atoms with Crippen molar-refractivity contribution >= 4 is 58.6 Å². The van der Waals surface area contributed by atoms with Crippen LogP contribution in [0.25, 0.3) is 0 Å². The molecule has 1 aromatic heterocycles. The van der Waals surface area contributed by atoms with Crippen LogP contribution >= 0.6 is 46.4 Å². The number of alkyl halides is 3. The minimum Gasteiger partial charge on any atom is -0.390 e. The maximum Gasteiger partial charge on any atom is 0.417 e. The first-order valence-electron chi connectivity index (χ1n) is 9.43. The third kappa shape index (κ3) is 6.54. The van der Waals surface area contributed by atoms with Gasteiger partial charge in [-0.25, -0.2) is 0 Å². The van der Waals surface area contributed by atoms with E-state index in [1.807, 2.05) is 0 Å². The zero-order chi connectivity index (χ0) is 24.9. The van der Waals surface area contributed by atoms with Crippen molar-refractivity contribution in [2.75, 3.05) is 0 Å². The maximum atomic E-state index is 13.0. The highest BCUT2D eigenvalue weighted by atomic mass is 35.5. The molecule has 34 heavy (non-hydrogen) atoms. The molecule has 3 rings (SSSR count). The van der Waals surface area contributed by atoms with Crippen molar-refractivity contribution in [2.45, 2.75) is 18.7 Å². The molecule has 0 unspecified atom stereocenters. The number of nitrogens with one attached hydrogen (secondary N) is 1. The van der Waals surface area contributed by atoms with E-state index < -0.39 is 23.6 Å². The standard InChI is InChI=1S/C22H14Cl4F3N3O2/c23-14-6-4-12(5-7-14)19(20-18(26)8-13(9-30-20)22(27,28)29)21(33)31-11-32-34-10-15-16(24)2-1-3-17(15)25/h1-9,11,19H,10H2,(H,31,32,33)/t19-/m0/s1. The van der Waals surface area contributed by atoms with Crippen molar-refractivity contribution < 1.29 is 22.8 Å². The molecule has 3 aromatic rings. The Morgan fingerprint density at radius 3 is 2.29 bits per heavy atom. The summed E-state index contributed by atoms with van der Waals surface area (Å²) in [4.78, 5) is 21.9. The predicted molar refractivity (Wildman–Crippen MR) is 125 cm³/mol. The number of benzene rings is 2. The second-order valence-electron chi connectivity index (χ2n) is 6.79. The van der Waals surface area contributed by atoms with Crippen LogP contribution in [-0.4, -0.2) is 17.2 Å². The van der Waals surface area contributed by atoms with Gasteiger partial charge in [-0.15, -0.1) is 0 Å².